The van der Waals surface area contributed by atoms with Crippen molar-refractivity contribution in [3.8, 4) is 11.5 Å². The third kappa shape index (κ3) is 4.10. The van der Waals surface area contributed by atoms with Gasteiger partial charge in [0.15, 0.2) is 11.5 Å². The zero-order chi connectivity index (χ0) is 15.9. The van der Waals surface area contributed by atoms with Gasteiger partial charge in [0.25, 0.3) is 0 Å². The van der Waals surface area contributed by atoms with E-state index >= 15 is 0 Å². The van der Waals surface area contributed by atoms with Crippen molar-refractivity contribution in [1.29, 1.82) is 0 Å². The summed E-state index contributed by atoms with van der Waals surface area (Å²) < 4.78 is 10.5. The van der Waals surface area contributed by atoms with Gasteiger partial charge in [0.05, 0.1) is 25.3 Å². The quantitative estimate of drug-likeness (QED) is 0.820. The van der Waals surface area contributed by atoms with Gasteiger partial charge in [-0.2, -0.15) is 0 Å². The first-order chi connectivity index (χ1) is 10.7. The van der Waals surface area contributed by atoms with E-state index in [-0.39, 0.29) is 0 Å². The molecule has 6 heteroatoms. The second kappa shape index (κ2) is 7.98. The summed E-state index contributed by atoms with van der Waals surface area (Å²) in [6.45, 7) is 0.984. The molecule has 1 heterocycles. The van der Waals surface area contributed by atoms with Crippen LogP contribution in [0.5, 0.6) is 11.5 Å². The third-order valence-corrected chi connectivity index (χ3v) is 3.53. The minimum absolute atomic E-state index is 0.427. The van der Waals surface area contributed by atoms with Crippen LogP contribution in [0.4, 0.5) is 0 Å². The number of aliphatic hydroxyl groups excluding tert-OH is 1. The molecule has 1 atom stereocenters. The van der Waals surface area contributed by atoms with Crippen molar-refractivity contribution < 1.29 is 14.6 Å². The lowest BCUT2D eigenvalue weighted by Gasteiger charge is -2.14. The Morgan fingerprint density at radius 3 is 2.59 bits per heavy atom. The van der Waals surface area contributed by atoms with Crippen molar-refractivity contribution in [1.82, 2.24) is 10.3 Å². The minimum Gasteiger partial charge on any atom is -0.493 e. The SMILES string of the molecule is COc1cc(CNCC(O)c2ccncc2)cc(Cl)c1OC. The van der Waals surface area contributed by atoms with Crippen molar-refractivity contribution in [3.05, 3.63) is 52.8 Å². The van der Waals surface area contributed by atoms with E-state index in [1.54, 1.807) is 38.7 Å². The Morgan fingerprint density at radius 2 is 1.95 bits per heavy atom. The van der Waals surface area contributed by atoms with E-state index in [0.717, 1.165) is 11.1 Å². The molecule has 118 valence electrons. The van der Waals surface area contributed by atoms with Crippen LogP contribution in [0.2, 0.25) is 5.02 Å². The molecule has 0 saturated heterocycles. The Morgan fingerprint density at radius 1 is 1.23 bits per heavy atom. The molecule has 22 heavy (non-hydrogen) atoms. The lowest BCUT2D eigenvalue weighted by Crippen LogP contribution is -2.21. The molecule has 2 aromatic rings. The summed E-state index contributed by atoms with van der Waals surface area (Å²) in [6, 6.07) is 7.25. The number of hydrogen-bond donors (Lipinski definition) is 2. The van der Waals surface area contributed by atoms with Crippen LogP contribution >= 0.6 is 11.6 Å². The fraction of sp³-hybridized carbons (Fsp3) is 0.312. The predicted molar refractivity (Wildman–Crippen MR) is 85.5 cm³/mol. The number of aliphatic hydroxyl groups is 1. The van der Waals surface area contributed by atoms with Crippen LogP contribution in [0, 0.1) is 0 Å². The third-order valence-electron chi connectivity index (χ3n) is 3.25. The summed E-state index contributed by atoms with van der Waals surface area (Å²) in [7, 11) is 3.12. The van der Waals surface area contributed by atoms with Gasteiger partial charge < -0.3 is 19.9 Å². The van der Waals surface area contributed by atoms with Gasteiger partial charge in [0.1, 0.15) is 0 Å². The number of benzene rings is 1. The normalized spacial score (nSPS) is 12.0. The van der Waals surface area contributed by atoms with Crippen LogP contribution < -0.4 is 14.8 Å². The van der Waals surface area contributed by atoms with Crippen molar-refractivity contribution in [3.63, 3.8) is 0 Å². The highest BCUT2D eigenvalue weighted by Gasteiger charge is 2.11. The molecule has 1 aromatic heterocycles. The van der Waals surface area contributed by atoms with Gasteiger partial charge in [-0.15, -0.1) is 0 Å². The largest absolute Gasteiger partial charge is 0.493 e. The van der Waals surface area contributed by atoms with E-state index in [9.17, 15) is 5.11 Å². The number of nitrogens with one attached hydrogen (secondary N) is 1. The average Bonchev–Trinajstić information content (AvgIpc) is 2.55. The summed E-state index contributed by atoms with van der Waals surface area (Å²) in [5, 5.41) is 13.8. The molecule has 5 nitrogen and oxygen atoms in total. The lowest BCUT2D eigenvalue weighted by atomic mass is 10.1. The maximum Gasteiger partial charge on any atom is 0.179 e. The van der Waals surface area contributed by atoms with Crippen LogP contribution in [0.15, 0.2) is 36.7 Å². The zero-order valence-corrected chi connectivity index (χ0v) is 13.3. The first kappa shape index (κ1) is 16.5. The van der Waals surface area contributed by atoms with Gasteiger partial charge in [-0.3, -0.25) is 4.98 Å². The van der Waals surface area contributed by atoms with E-state index in [2.05, 4.69) is 10.3 Å². The van der Waals surface area contributed by atoms with Gasteiger partial charge in [-0.05, 0) is 35.4 Å². The Balaban J connectivity index is 1.96. The molecule has 0 spiro atoms. The summed E-state index contributed by atoms with van der Waals surface area (Å²) in [5.41, 5.74) is 1.78. The van der Waals surface area contributed by atoms with Gasteiger partial charge >= 0.3 is 0 Å². The van der Waals surface area contributed by atoms with E-state index < -0.39 is 6.10 Å². The maximum atomic E-state index is 10.1. The molecule has 1 aromatic carbocycles. The maximum absolute atomic E-state index is 10.1. The molecular formula is C16H19ClN2O3. The van der Waals surface area contributed by atoms with Crippen molar-refractivity contribution >= 4 is 11.6 Å². The number of pyridine rings is 1. The summed E-state index contributed by atoms with van der Waals surface area (Å²) in [6.07, 6.45) is 2.73. The van der Waals surface area contributed by atoms with Gasteiger partial charge in [0.2, 0.25) is 0 Å². The van der Waals surface area contributed by atoms with Crippen LogP contribution in [0.3, 0.4) is 0 Å². The van der Waals surface area contributed by atoms with Gasteiger partial charge in [-0.25, -0.2) is 0 Å². The van der Waals surface area contributed by atoms with Gasteiger partial charge in [-0.1, -0.05) is 11.6 Å². The van der Waals surface area contributed by atoms with Crippen LogP contribution in [-0.2, 0) is 6.54 Å². The number of methoxy groups -OCH3 is 2. The Labute approximate surface area is 134 Å². The second-order valence-corrected chi connectivity index (χ2v) is 5.15. The molecular weight excluding hydrogens is 304 g/mol. The molecule has 2 N–H and O–H groups in total. The van der Waals surface area contributed by atoms with Crippen molar-refractivity contribution in [2.75, 3.05) is 20.8 Å². The van der Waals surface area contributed by atoms with E-state index in [1.807, 2.05) is 12.1 Å². The number of halogens is 1. The van der Waals surface area contributed by atoms with Crippen LogP contribution in [0.1, 0.15) is 17.2 Å². The minimum atomic E-state index is -0.585. The molecule has 0 radical (unpaired) electrons. The highest BCUT2D eigenvalue weighted by molar-refractivity contribution is 6.32. The first-order valence-corrected chi connectivity index (χ1v) is 7.22. The van der Waals surface area contributed by atoms with Crippen molar-refractivity contribution in [2.45, 2.75) is 12.6 Å². The highest BCUT2D eigenvalue weighted by atomic mass is 35.5. The fourth-order valence-corrected chi connectivity index (χ4v) is 2.44. The molecule has 2 rings (SSSR count). The monoisotopic (exact) mass is 322 g/mol. The van der Waals surface area contributed by atoms with Crippen molar-refractivity contribution in [2.24, 2.45) is 0 Å². The molecule has 0 aliphatic heterocycles. The molecule has 0 aliphatic rings. The average molecular weight is 323 g/mol. The molecule has 0 fully saturated rings. The molecule has 0 saturated carbocycles. The fourth-order valence-electron chi connectivity index (χ4n) is 2.13. The molecule has 0 bridgehead atoms. The number of hydrogen-bond acceptors (Lipinski definition) is 5. The number of nitrogens with zero attached hydrogens (tertiary/aromatic N) is 1. The van der Waals surface area contributed by atoms with E-state index in [4.69, 9.17) is 21.1 Å². The smallest absolute Gasteiger partial charge is 0.179 e. The highest BCUT2D eigenvalue weighted by Crippen LogP contribution is 2.35. The van der Waals surface area contributed by atoms with Crippen LogP contribution in [-0.4, -0.2) is 30.9 Å². The molecule has 1 unspecified atom stereocenters. The predicted octanol–water partition coefficient (Wildman–Crippen LogP) is 2.58. The van der Waals surface area contributed by atoms with E-state index in [0.29, 0.717) is 29.6 Å². The topological polar surface area (TPSA) is 63.6 Å². The standard InChI is InChI=1S/C16H19ClN2O3/c1-21-15-8-11(7-13(17)16(15)22-2)9-19-10-14(20)12-3-5-18-6-4-12/h3-8,14,19-20H,9-10H2,1-2H3. The van der Waals surface area contributed by atoms with E-state index in [1.165, 1.54) is 0 Å². The number of rotatable bonds is 7. The number of aromatic nitrogens is 1. The zero-order valence-electron chi connectivity index (χ0n) is 12.5. The summed E-state index contributed by atoms with van der Waals surface area (Å²) >= 11 is 6.16. The molecule has 0 aliphatic carbocycles. The number of ether oxygens (including phenoxy) is 2. The summed E-state index contributed by atoms with van der Waals surface area (Å²) in [5.74, 6) is 1.10. The Hall–Kier alpha value is -1.82. The van der Waals surface area contributed by atoms with Crippen LogP contribution in [0.25, 0.3) is 0 Å². The Kier molecular flexibility index (Phi) is 6.00. The Bertz CT molecular complexity index is 608. The second-order valence-electron chi connectivity index (χ2n) is 4.74. The lowest BCUT2D eigenvalue weighted by molar-refractivity contribution is 0.174. The van der Waals surface area contributed by atoms with Gasteiger partial charge in [0, 0.05) is 25.5 Å². The molecule has 0 amide bonds. The summed E-state index contributed by atoms with van der Waals surface area (Å²) in [4.78, 5) is 3.93. The first-order valence-electron chi connectivity index (χ1n) is 6.84.